The lowest BCUT2D eigenvalue weighted by Crippen LogP contribution is -2.47. The third-order valence-corrected chi connectivity index (χ3v) is 4.01. The highest BCUT2D eigenvalue weighted by Crippen LogP contribution is 2.23. The number of carboxylic acid groups (broad SMARTS) is 1. The van der Waals surface area contributed by atoms with Crippen LogP contribution in [0.1, 0.15) is 19.3 Å². The molecule has 0 radical (unpaired) electrons. The normalized spacial score (nSPS) is 27.3. The SMILES string of the molecule is CN(C)CC1CCCN1C(=O)N1CCC(C(=O)O)C1. The molecule has 6 heteroatoms. The molecular weight excluding hydrogens is 246 g/mol. The largest absolute Gasteiger partial charge is 0.481 e. The zero-order valence-corrected chi connectivity index (χ0v) is 11.7. The van der Waals surface area contributed by atoms with Crippen molar-refractivity contribution in [3.05, 3.63) is 0 Å². The van der Waals surface area contributed by atoms with Crippen LogP contribution < -0.4 is 0 Å². The first-order valence-electron chi connectivity index (χ1n) is 6.92. The molecule has 0 saturated carbocycles. The van der Waals surface area contributed by atoms with Crippen LogP contribution in [0.25, 0.3) is 0 Å². The lowest BCUT2D eigenvalue weighted by atomic mass is 10.1. The van der Waals surface area contributed by atoms with Crippen LogP contribution in [0.15, 0.2) is 0 Å². The van der Waals surface area contributed by atoms with Gasteiger partial charge in [0, 0.05) is 32.2 Å². The monoisotopic (exact) mass is 269 g/mol. The summed E-state index contributed by atoms with van der Waals surface area (Å²) in [6.45, 7) is 2.61. The Kier molecular flexibility index (Phi) is 4.29. The maximum absolute atomic E-state index is 12.4. The molecule has 2 saturated heterocycles. The Bertz CT molecular complexity index is 359. The maximum Gasteiger partial charge on any atom is 0.320 e. The molecular formula is C13H23N3O3. The number of carboxylic acids is 1. The van der Waals surface area contributed by atoms with Crippen molar-refractivity contribution in [2.45, 2.75) is 25.3 Å². The summed E-state index contributed by atoms with van der Waals surface area (Å²) in [5.74, 6) is -1.18. The molecule has 0 aromatic rings. The Morgan fingerprint density at radius 1 is 1.26 bits per heavy atom. The Balaban J connectivity index is 1.94. The fourth-order valence-electron chi connectivity index (χ4n) is 3.02. The summed E-state index contributed by atoms with van der Waals surface area (Å²) in [5, 5.41) is 8.99. The van der Waals surface area contributed by atoms with E-state index in [1.165, 1.54) is 0 Å². The minimum absolute atomic E-state index is 0.0214. The molecule has 1 N–H and O–H groups in total. The summed E-state index contributed by atoms with van der Waals surface area (Å²) in [6, 6.07) is 0.291. The molecule has 0 aromatic carbocycles. The highest BCUT2D eigenvalue weighted by atomic mass is 16.4. The summed E-state index contributed by atoms with van der Waals surface area (Å²) in [5.41, 5.74) is 0. The molecule has 19 heavy (non-hydrogen) atoms. The van der Waals surface area contributed by atoms with E-state index >= 15 is 0 Å². The molecule has 2 atom stereocenters. The van der Waals surface area contributed by atoms with Gasteiger partial charge in [-0.05, 0) is 33.4 Å². The summed E-state index contributed by atoms with van der Waals surface area (Å²) >= 11 is 0. The maximum atomic E-state index is 12.4. The fraction of sp³-hybridized carbons (Fsp3) is 0.846. The third kappa shape index (κ3) is 3.18. The van der Waals surface area contributed by atoms with Gasteiger partial charge in [0.15, 0.2) is 0 Å². The Labute approximate surface area is 114 Å². The van der Waals surface area contributed by atoms with Gasteiger partial charge in [-0.15, -0.1) is 0 Å². The van der Waals surface area contributed by atoms with Crippen LogP contribution >= 0.6 is 0 Å². The molecule has 6 nitrogen and oxygen atoms in total. The lowest BCUT2D eigenvalue weighted by molar-refractivity contribution is -0.141. The number of aliphatic carboxylic acids is 1. The van der Waals surface area contributed by atoms with Gasteiger partial charge in [-0.1, -0.05) is 0 Å². The molecule has 0 bridgehead atoms. The number of hydrogen-bond acceptors (Lipinski definition) is 3. The van der Waals surface area contributed by atoms with E-state index in [4.69, 9.17) is 5.11 Å². The van der Waals surface area contributed by atoms with Crippen LogP contribution in [0.5, 0.6) is 0 Å². The minimum atomic E-state index is -0.790. The second-order valence-corrected chi connectivity index (χ2v) is 5.80. The summed E-state index contributed by atoms with van der Waals surface area (Å²) in [4.78, 5) is 29.1. The number of urea groups is 1. The van der Waals surface area contributed by atoms with Gasteiger partial charge in [-0.25, -0.2) is 4.79 Å². The van der Waals surface area contributed by atoms with E-state index in [2.05, 4.69) is 4.90 Å². The standard InChI is InChI=1S/C13H23N3O3/c1-14(2)9-11-4-3-6-16(11)13(19)15-7-5-10(8-15)12(17)18/h10-11H,3-9H2,1-2H3,(H,17,18). The van der Waals surface area contributed by atoms with Crippen molar-refractivity contribution in [3.63, 3.8) is 0 Å². The van der Waals surface area contributed by atoms with Crippen molar-refractivity contribution in [1.82, 2.24) is 14.7 Å². The number of amides is 2. The Morgan fingerprint density at radius 2 is 2.00 bits per heavy atom. The zero-order chi connectivity index (χ0) is 14.0. The molecule has 2 fully saturated rings. The van der Waals surface area contributed by atoms with E-state index in [9.17, 15) is 9.59 Å². The van der Waals surface area contributed by atoms with Gasteiger partial charge < -0.3 is 19.8 Å². The highest BCUT2D eigenvalue weighted by molar-refractivity contribution is 5.78. The number of carbonyl (C=O) groups excluding carboxylic acids is 1. The molecule has 108 valence electrons. The smallest absolute Gasteiger partial charge is 0.320 e. The first-order valence-corrected chi connectivity index (χ1v) is 6.92. The van der Waals surface area contributed by atoms with Crippen LogP contribution in [0.3, 0.4) is 0 Å². The van der Waals surface area contributed by atoms with Crippen molar-refractivity contribution in [1.29, 1.82) is 0 Å². The molecule has 0 aromatic heterocycles. The van der Waals surface area contributed by atoms with Gasteiger partial charge in [-0.2, -0.15) is 0 Å². The fourth-order valence-corrected chi connectivity index (χ4v) is 3.02. The van der Waals surface area contributed by atoms with Crippen LogP contribution in [-0.4, -0.2) is 78.1 Å². The molecule has 0 spiro atoms. The van der Waals surface area contributed by atoms with Crippen molar-refractivity contribution >= 4 is 12.0 Å². The first kappa shape index (κ1) is 14.1. The number of likely N-dealkylation sites (tertiary alicyclic amines) is 2. The number of carbonyl (C=O) groups is 2. The molecule has 2 heterocycles. The van der Waals surface area contributed by atoms with Gasteiger partial charge in [0.05, 0.1) is 5.92 Å². The summed E-state index contributed by atoms with van der Waals surface area (Å²) < 4.78 is 0. The number of nitrogens with zero attached hydrogens (tertiary/aromatic N) is 3. The number of hydrogen-bond donors (Lipinski definition) is 1. The van der Waals surface area contributed by atoms with Crippen LogP contribution in [0.4, 0.5) is 4.79 Å². The van der Waals surface area contributed by atoms with Gasteiger partial charge in [0.25, 0.3) is 0 Å². The first-order chi connectivity index (χ1) is 8.99. The Hall–Kier alpha value is -1.30. The van der Waals surface area contributed by atoms with E-state index in [1.54, 1.807) is 4.90 Å². The summed E-state index contributed by atoms with van der Waals surface area (Å²) in [7, 11) is 4.02. The summed E-state index contributed by atoms with van der Waals surface area (Å²) in [6.07, 6.45) is 2.66. The molecule has 2 aliphatic rings. The predicted molar refractivity (Wildman–Crippen MR) is 71.0 cm³/mol. The quantitative estimate of drug-likeness (QED) is 0.812. The van der Waals surface area contributed by atoms with Crippen molar-refractivity contribution in [2.75, 3.05) is 40.3 Å². The average molecular weight is 269 g/mol. The number of likely N-dealkylation sites (N-methyl/N-ethyl adjacent to an activating group) is 1. The second-order valence-electron chi connectivity index (χ2n) is 5.80. The molecule has 2 unspecified atom stereocenters. The average Bonchev–Trinajstić information content (AvgIpc) is 2.95. The second kappa shape index (κ2) is 5.77. The van der Waals surface area contributed by atoms with E-state index in [0.29, 0.717) is 19.5 Å². The predicted octanol–water partition coefficient (Wildman–Crippen LogP) is 0.539. The van der Waals surface area contributed by atoms with Gasteiger partial charge in [-0.3, -0.25) is 4.79 Å². The van der Waals surface area contributed by atoms with Gasteiger partial charge >= 0.3 is 12.0 Å². The van der Waals surface area contributed by atoms with E-state index < -0.39 is 5.97 Å². The molecule has 2 aliphatic heterocycles. The van der Waals surface area contributed by atoms with Crippen molar-refractivity contribution in [3.8, 4) is 0 Å². The molecule has 2 rings (SSSR count). The van der Waals surface area contributed by atoms with Crippen molar-refractivity contribution < 1.29 is 14.7 Å². The van der Waals surface area contributed by atoms with E-state index in [0.717, 1.165) is 25.9 Å². The Morgan fingerprint density at radius 3 is 2.58 bits per heavy atom. The van der Waals surface area contributed by atoms with Crippen LogP contribution in [-0.2, 0) is 4.79 Å². The minimum Gasteiger partial charge on any atom is -0.481 e. The third-order valence-electron chi connectivity index (χ3n) is 4.01. The topological polar surface area (TPSA) is 64.1 Å². The van der Waals surface area contributed by atoms with Crippen LogP contribution in [0.2, 0.25) is 0 Å². The highest BCUT2D eigenvalue weighted by Gasteiger charge is 2.36. The molecule has 2 amide bonds. The lowest BCUT2D eigenvalue weighted by Gasteiger charge is -2.31. The van der Waals surface area contributed by atoms with E-state index in [-0.39, 0.29) is 18.0 Å². The van der Waals surface area contributed by atoms with Gasteiger partial charge in [0.1, 0.15) is 0 Å². The van der Waals surface area contributed by atoms with Crippen molar-refractivity contribution in [2.24, 2.45) is 5.92 Å². The van der Waals surface area contributed by atoms with E-state index in [1.807, 2.05) is 19.0 Å². The zero-order valence-electron chi connectivity index (χ0n) is 11.7. The van der Waals surface area contributed by atoms with Crippen LogP contribution in [0, 0.1) is 5.92 Å². The number of rotatable bonds is 3. The van der Waals surface area contributed by atoms with Gasteiger partial charge in [0.2, 0.25) is 0 Å². The molecule has 0 aliphatic carbocycles.